The highest BCUT2D eigenvalue weighted by Crippen LogP contribution is 2.41. The van der Waals surface area contributed by atoms with Gasteiger partial charge in [0.15, 0.2) is 23.3 Å². The van der Waals surface area contributed by atoms with Gasteiger partial charge < -0.3 is 25.3 Å². The SMILES string of the molecule is CCN(CC)Cc1ccc(Cl)c(-c2nn(-c3cc(NC(C)=O)ncc3C)cc2-c2ncn[nH]2)c1.CCc1ccccc1-c1nn(-c2cc(NC(C)=O)ncc2C)cc1-c1ncn[nH]1.COC(=O)Nc1cc(-n2cc(-c3ncn[nH]3)c(-c3ccccc3Cl)c2)c(C)cn1.Cc1cnc(NC(=O)C2CC2)cc1-n1cc(-c2ncn[nH]2)c(-c2ccccc2Cl)n1. The predicted octanol–water partition coefficient (Wildman–Crippen LogP) is 16.5. The summed E-state index contributed by atoms with van der Waals surface area (Å²) in [5.41, 5.74) is 19.1. The fraction of sp³-hybridized carbons (Fsp3) is 0.198. The van der Waals surface area contributed by atoms with Crippen molar-refractivity contribution in [3.63, 3.8) is 0 Å². The third kappa shape index (κ3) is 19.6. The summed E-state index contributed by atoms with van der Waals surface area (Å²) in [6, 6.07) is 36.5. The number of nitrogens with one attached hydrogen (secondary N) is 8. The molecule has 16 aromatic rings. The number of aromatic amines is 4. The summed E-state index contributed by atoms with van der Waals surface area (Å²) >= 11 is 19.6. The summed E-state index contributed by atoms with van der Waals surface area (Å²) in [6.45, 7) is 19.8. The van der Waals surface area contributed by atoms with Crippen LogP contribution in [0.3, 0.4) is 0 Å². The smallest absolute Gasteiger partial charge is 0.412 e. The van der Waals surface area contributed by atoms with Crippen molar-refractivity contribution in [1.29, 1.82) is 0 Å². The molecule has 8 N–H and O–H groups in total. The average Bonchev–Trinajstić information content (AvgIpc) is 1.66. The number of carbonyl (C=O) groups is 4. The summed E-state index contributed by atoms with van der Waals surface area (Å²) in [7, 11) is 1.30. The van der Waals surface area contributed by atoms with E-state index >= 15 is 0 Å². The Morgan fingerprint density at radius 1 is 0.434 bits per heavy atom. The summed E-state index contributed by atoms with van der Waals surface area (Å²) in [6.07, 6.45) is 24.4. The van der Waals surface area contributed by atoms with E-state index in [1.807, 2.05) is 148 Å². The van der Waals surface area contributed by atoms with Crippen LogP contribution in [0.25, 0.3) is 113 Å². The Kier molecular flexibility index (Phi) is 26.2. The monoisotopic (exact) mass is 1690 g/mol. The number of carbonyl (C=O) groups excluding carboxylic acids is 4. The second-order valence-corrected chi connectivity index (χ2v) is 29.5. The van der Waals surface area contributed by atoms with E-state index in [1.54, 1.807) is 51.0 Å². The Balaban J connectivity index is 0.000000133. The molecule has 1 saturated carbocycles. The minimum Gasteiger partial charge on any atom is -0.453 e. The molecule has 0 aliphatic heterocycles. The van der Waals surface area contributed by atoms with Crippen molar-refractivity contribution in [1.82, 2.24) is 119 Å². The number of aryl methyl sites for hydroxylation is 5. The summed E-state index contributed by atoms with van der Waals surface area (Å²) in [5.74, 6) is 4.00. The number of halogens is 3. The largest absolute Gasteiger partial charge is 0.453 e. The lowest BCUT2D eigenvalue weighted by Crippen LogP contribution is -2.22. The lowest BCUT2D eigenvalue weighted by atomic mass is 10.00. The van der Waals surface area contributed by atoms with E-state index in [0.717, 1.165) is 145 Å². The lowest BCUT2D eigenvalue weighted by Gasteiger charge is -2.18. The summed E-state index contributed by atoms with van der Waals surface area (Å²) in [5, 5.41) is 54.9. The predicted molar refractivity (Wildman–Crippen MR) is 467 cm³/mol. The molecule has 0 atom stereocenters. The molecule has 12 heterocycles. The second kappa shape index (κ2) is 38.0. The van der Waals surface area contributed by atoms with Gasteiger partial charge in [0, 0.05) is 145 Å². The fourth-order valence-electron chi connectivity index (χ4n) is 13.3. The van der Waals surface area contributed by atoms with Crippen molar-refractivity contribution in [3.8, 4) is 113 Å². The van der Waals surface area contributed by atoms with E-state index in [0.29, 0.717) is 73.0 Å². The zero-order valence-corrected chi connectivity index (χ0v) is 70.2. The normalized spacial score (nSPS) is 11.6. The van der Waals surface area contributed by atoms with Crippen LogP contribution >= 0.6 is 34.8 Å². The first-order valence-corrected chi connectivity index (χ1v) is 39.9. The number of benzene rings is 4. The number of ether oxygens (including phenoxy) is 1. The van der Waals surface area contributed by atoms with Gasteiger partial charge in [0.2, 0.25) is 17.7 Å². The number of rotatable bonds is 22. The molecule has 0 saturated heterocycles. The molecular weight excluding hydrogens is 1610 g/mol. The van der Waals surface area contributed by atoms with Gasteiger partial charge in [-0.05, 0) is 118 Å². The highest BCUT2D eigenvalue weighted by Gasteiger charge is 2.31. The molecule has 36 heteroatoms. The lowest BCUT2D eigenvalue weighted by molar-refractivity contribution is -0.117. The van der Waals surface area contributed by atoms with Crippen LogP contribution in [-0.2, 0) is 32.1 Å². The van der Waals surface area contributed by atoms with Crippen molar-refractivity contribution in [2.24, 2.45) is 5.92 Å². The first-order valence-electron chi connectivity index (χ1n) is 38.7. The van der Waals surface area contributed by atoms with Crippen LogP contribution in [0, 0.1) is 33.6 Å². The topological polar surface area (TPSA) is 405 Å². The van der Waals surface area contributed by atoms with E-state index in [-0.39, 0.29) is 23.6 Å². The van der Waals surface area contributed by atoms with Gasteiger partial charge in [0.1, 0.15) is 65.7 Å². The molecule has 4 aromatic carbocycles. The van der Waals surface area contributed by atoms with E-state index < -0.39 is 6.09 Å². The van der Waals surface area contributed by atoms with Crippen LogP contribution in [0.15, 0.2) is 196 Å². The zero-order valence-electron chi connectivity index (χ0n) is 67.9. The first kappa shape index (κ1) is 83.9. The van der Waals surface area contributed by atoms with Crippen LogP contribution in [0.5, 0.6) is 0 Å². The third-order valence-corrected chi connectivity index (χ3v) is 20.7. The Hall–Kier alpha value is -14.5. The Labute approximate surface area is 714 Å². The van der Waals surface area contributed by atoms with Gasteiger partial charge in [-0.15, -0.1) is 0 Å². The Morgan fingerprint density at radius 2 is 0.828 bits per heavy atom. The number of aromatic nitrogens is 23. The van der Waals surface area contributed by atoms with Gasteiger partial charge in [0.05, 0.1) is 56.6 Å². The number of pyridine rings is 4. The highest BCUT2D eigenvalue weighted by atomic mass is 35.5. The molecule has 0 spiro atoms. The molecule has 17 rings (SSSR count). The van der Waals surface area contributed by atoms with Crippen molar-refractivity contribution in [2.75, 3.05) is 41.5 Å². The van der Waals surface area contributed by atoms with Crippen molar-refractivity contribution < 1.29 is 23.9 Å². The number of nitrogens with zero attached hydrogens (tertiary/aromatic N) is 20. The van der Waals surface area contributed by atoms with Crippen molar-refractivity contribution in [2.45, 2.75) is 88.1 Å². The van der Waals surface area contributed by atoms with E-state index in [2.05, 4.69) is 151 Å². The first-order chi connectivity index (χ1) is 59.1. The maximum Gasteiger partial charge on any atom is 0.412 e. The van der Waals surface area contributed by atoms with Gasteiger partial charge in [-0.2, -0.15) is 35.7 Å². The van der Waals surface area contributed by atoms with E-state index in [1.165, 1.54) is 51.8 Å². The molecule has 12 aromatic heterocycles. The molecular formula is C86H83Cl3N28O5. The zero-order chi connectivity index (χ0) is 85.7. The number of H-pyrrole nitrogens is 4. The van der Waals surface area contributed by atoms with Gasteiger partial charge in [0.25, 0.3) is 0 Å². The third-order valence-electron chi connectivity index (χ3n) is 19.7. The van der Waals surface area contributed by atoms with Crippen LogP contribution < -0.4 is 21.3 Å². The number of amides is 4. The highest BCUT2D eigenvalue weighted by molar-refractivity contribution is 6.34. The van der Waals surface area contributed by atoms with E-state index in [9.17, 15) is 19.2 Å². The maximum atomic E-state index is 12.1. The molecule has 0 bridgehead atoms. The molecule has 0 radical (unpaired) electrons. The van der Waals surface area contributed by atoms with Gasteiger partial charge in [-0.3, -0.25) is 45.0 Å². The molecule has 33 nitrogen and oxygen atoms in total. The number of hydrogen-bond donors (Lipinski definition) is 8. The molecule has 618 valence electrons. The van der Waals surface area contributed by atoms with Crippen LogP contribution in [0.4, 0.5) is 28.1 Å². The Bertz CT molecular complexity index is 6390. The second-order valence-electron chi connectivity index (χ2n) is 28.2. The molecule has 122 heavy (non-hydrogen) atoms. The molecule has 0 unspecified atom stereocenters. The number of methoxy groups -OCH3 is 1. The maximum absolute atomic E-state index is 12.1. The number of hydrogen-bond acceptors (Lipinski definition) is 21. The molecule has 4 amide bonds. The molecule has 1 aliphatic rings. The summed E-state index contributed by atoms with van der Waals surface area (Å²) in [4.78, 5) is 83.3. The summed E-state index contributed by atoms with van der Waals surface area (Å²) < 4.78 is 11.9. The minimum absolute atomic E-state index is 0.0110. The Morgan fingerprint density at radius 3 is 1.26 bits per heavy atom. The molecule has 1 fully saturated rings. The van der Waals surface area contributed by atoms with Crippen molar-refractivity contribution in [3.05, 3.63) is 245 Å². The van der Waals surface area contributed by atoms with Crippen molar-refractivity contribution >= 4 is 81.9 Å². The fourth-order valence-corrected chi connectivity index (χ4v) is 14.0. The van der Waals surface area contributed by atoms with Crippen LogP contribution in [0.1, 0.15) is 80.8 Å². The van der Waals surface area contributed by atoms with E-state index in [4.69, 9.17) is 50.1 Å². The van der Waals surface area contributed by atoms with Gasteiger partial charge in [-0.25, -0.2) is 58.7 Å². The number of anilines is 4. The average molecular weight is 1700 g/mol. The molecule has 1 aliphatic carbocycles. The van der Waals surface area contributed by atoms with Crippen LogP contribution in [-0.4, -0.2) is 163 Å². The quantitative estimate of drug-likeness (QED) is 0.0312. The minimum atomic E-state index is -0.584. The van der Waals surface area contributed by atoms with Gasteiger partial charge >= 0.3 is 6.09 Å². The van der Waals surface area contributed by atoms with Crippen LogP contribution in [0.2, 0.25) is 15.1 Å². The van der Waals surface area contributed by atoms with Gasteiger partial charge in [-0.1, -0.05) is 122 Å². The standard InChI is InChI=1S/C24H27ClN8O.C21H18ClN7O.C21H21N7O.C20H17ClN6O2/c1-5-32(6-2)12-17-7-8-20(25)18(9-17)23-19(24-27-14-28-30-24)13-33(31-23)21-10-22(29-16(4)34)26-11-15(21)3;1-12-9-23-18(26-21(30)13-6-7-13)8-17(12)29-10-15(20-24-11-25-27-20)19(28-29)14-4-2-3-5-16(14)22;1-4-15-7-5-6-8-16(15)20-17(21-23-12-24-26-21)11-28(27-20)18-9-19(25-14(3)29)22-10-13(18)2;1-12-8-22-18(25-20(28)29-2)7-17(12)27-9-14(13-5-3-4-6-16(13)21)15(10-27)19-23-11-24-26-19/h7-11,13-14H,5-6,12H2,1-4H3,(H,26,29,34)(H,27,28,30);2-5,8-11,13H,6-7H2,1H3,(H,23,26,30)(H,24,25,27);5-12H,4H2,1-3H3,(H,22,25,29)(H,23,24,26);3-11H,1-2H3,(H,22,25,28)(H,23,24,26).